The van der Waals surface area contributed by atoms with Gasteiger partial charge in [0.1, 0.15) is 12.3 Å². The number of carboxylic acid groups (broad SMARTS) is 1. The van der Waals surface area contributed by atoms with Gasteiger partial charge in [0.2, 0.25) is 0 Å². The zero-order valence-corrected chi connectivity index (χ0v) is 12.5. The Labute approximate surface area is 123 Å². The molecular formula is C14H18ClNO4. The van der Waals surface area contributed by atoms with Crippen LogP contribution in [0.3, 0.4) is 0 Å². The van der Waals surface area contributed by atoms with Crippen molar-refractivity contribution in [2.75, 3.05) is 13.2 Å². The molecule has 1 aromatic rings. The van der Waals surface area contributed by atoms with Gasteiger partial charge in [-0.3, -0.25) is 9.59 Å². The van der Waals surface area contributed by atoms with Crippen molar-refractivity contribution in [3.05, 3.63) is 29.3 Å². The number of carbonyl (C=O) groups excluding carboxylic acids is 1. The Morgan fingerprint density at radius 3 is 2.40 bits per heavy atom. The van der Waals surface area contributed by atoms with E-state index in [0.29, 0.717) is 10.8 Å². The number of ether oxygens (including phenoxy) is 1. The highest BCUT2D eigenvalue weighted by Crippen LogP contribution is 2.23. The molecule has 0 aliphatic rings. The molecule has 1 N–H and O–H groups in total. The number of carbonyl (C=O) groups is 2. The quantitative estimate of drug-likeness (QED) is 0.907. The molecule has 20 heavy (non-hydrogen) atoms. The zero-order chi connectivity index (χ0) is 15.3. The van der Waals surface area contributed by atoms with E-state index in [1.807, 2.05) is 0 Å². The Morgan fingerprint density at radius 2 is 1.90 bits per heavy atom. The summed E-state index contributed by atoms with van der Waals surface area (Å²) in [6.07, 6.45) is 0. The predicted molar refractivity (Wildman–Crippen MR) is 76.0 cm³/mol. The molecular weight excluding hydrogens is 282 g/mol. The molecule has 0 heterocycles. The summed E-state index contributed by atoms with van der Waals surface area (Å²) in [7, 11) is 0. The summed E-state index contributed by atoms with van der Waals surface area (Å²) < 4.78 is 5.34. The van der Waals surface area contributed by atoms with E-state index in [4.69, 9.17) is 21.4 Å². The Hall–Kier alpha value is -1.75. The number of benzene rings is 1. The van der Waals surface area contributed by atoms with Crippen molar-refractivity contribution in [3.8, 4) is 5.75 Å². The smallest absolute Gasteiger partial charge is 0.323 e. The number of aliphatic carboxylic acids is 1. The van der Waals surface area contributed by atoms with Crippen LogP contribution in [0.1, 0.15) is 20.8 Å². The molecule has 0 saturated carbocycles. The number of rotatable bonds is 5. The van der Waals surface area contributed by atoms with Crippen molar-refractivity contribution < 1.29 is 19.4 Å². The van der Waals surface area contributed by atoms with Crippen molar-refractivity contribution in [1.29, 1.82) is 0 Å². The standard InChI is InChI=1S/C14H18ClNO4/c1-14(2,3)16(8-13(18)19)12(17)9-20-11-7-5-4-6-10(11)15/h4-7H,8-9H2,1-3H3,(H,18,19). The van der Waals surface area contributed by atoms with Gasteiger partial charge in [0.25, 0.3) is 5.91 Å². The van der Waals surface area contributed by atoms with Crippen LogP contribution in [-0.2, 0) is 9.59 Å². The van der Waals surface area contributed by atoms with Gasteiger partial charge in [-0.15, -0.1) is 0 Å². The minimum atomic E-state index is -1.06. The Bertz CT molecular complexity index is 496. The van der Waals surface area contributed by atoms with E-state index < -0.39 is 17.4 Å². The van der Waals surface area contributed by atoms with Crippen LogP contribution in [0.5, 0.6) is 5.75 Å². The third kappa shape index (κ3) is 4.74. The van der Waals surface area contributed by atoms with Gasteiger partial charge in [-0.25, -0.2) is 0 Å². The summed E-state index contributed by atoms with van der Waals surface area (Å²) in [5.74, 6) is -1.07. The predicted octanol–water partition coefficient (Wildman–Crippen LogP) is 2.43. The van der Waals surface area contributed by atoms with Gasteiger partial charge in [-0.2, -0.15) is 0 Å². The molecule has 0 aromatic heterocycles. The van der Waals surface area contributed by atoms with Crippen molar-refractivity contribution in [1.82, 2.24) is 4.90 Å². The topological polar surface area (TPSA) is 66.8 Å². The van der Waals surface area contributed by atoms with Crippen LogP contribution < -0.4 is 4.74 Å². The molecule has 0 bridgehead atoms. The van der Waals surface area contributed by atoms with Crippen LogP contribution in [-0.4, -0.2) is 40.6 Å². The first-order chi connectivity index (χ1) is 9.21. The molecule has 0 spiro atoms. The van der Waals surface area contributed by atoms with E-state index >= 15 is 0 Å². The lowest BCUT2D eigenvalue weighted by molar-refractivity contribution is -0.149. The molecule has 6 heteroatoms. The van der Waals surface area contributed by atoms with Crippen molar-refractivity contribution in [2.24, 2.45) is 0 Å². The highest BCUT2D eigenvalue weighted by Gasteiger charge is 2.28. The number of para-hydroxylation sites is 1. The summed E-state index contributed by atoms with van der Waals surface area (Å²) in [5.41, 5.74) is -0.598. The average Bonchev–Trinajstić information content (AvgIpc) is 2.33. The maximum absolute atomic E-state index is 12.1. The molecule has 0 radical (unpaired) electrons. The fourth-order valence-corrected chi connectivity index (χ4v) is 1.80. The second kappa shape index (κ2) is 6.61. The van der Waals surface area contributed by atoms with E-state index in [2.05, 4.69) is 0 Å². The van der Waals surface area contributed by atoms with Crippen molar-refractivity contribution >= 4 is 23.5 Å². The molecule has 1 rings (SSSR count). The van der Waals surface area contributed by atoms with Crippen LogP contribution in [0.2, 0.25) is 5.02 Å². The SMILES string of the molecule is CC(C)(C)N(CC(=O)O)C(=O)COc1ccccc1Cl. The lowest BCUT2D eigenvalue weighted by atomic mass is 10.1. The number of hydrogen-bond acceptors (Lipinski definition) is 3. The second-order valence-electron chi connectivity index (χ2n) is 5.26. The van der Waals surface area contributed by atoms with Crippen LogP contribution in [0.4, 0.5) is 0 Å². The van der Waals surface area contributed by atoms with Gasteiger partial charge < -0.3 is 14.7 Å². The first-order valence-electron chi connectivity index (χ1n) is 6.11. The summed E-state index contributed by atoms with van der Waals surface area (Å²) in [6, 6.07) is 6.79. The van der Waals surface area contributed by atoms with Gasteiger partial charge in [0.05, 0.1) is 5.02 Å². The second-order valence-corrected chi connectivity index (χ2v) is 5.67. The number of amides is 1. The normalized spacial score (nSPS) is 11.0. The first-order valence-corrected chi connectivity index (χ1v) is 6.49. The van der Waals surface area contributed by atoms with E-state index in [9.17, 15) is 9.59 Å². The van der Waals surface area contributed by atoms with Crippen molar-refractivity contribution in [2.45, 2.75) is 26.3 Å². The van der Waals surface area contributed by atoms with Crippen LogP contribution >= 0.6 is 11.6 Å². The Balaban J connectivity index is 2.72. The lowest BCUT2D eigenvalue weighted by Crippen LogP contribution is -2.50. The summed E-state index contributed by atoms with van der Waals surface area (Å²) in [6.45, 7) is 4.68. The van der Waals surface area contributed by atoms with Crippen LogP contribution in [0, 0.1) is 0 Å². The van der Waals surface area contributed by atoms with E-state index in [-0.39, 0.29) is 13.2 Å². The zero-order valence-electron chi connectivity index (χ0n) is 11.7. The average molecular weight is 300 g/mol. The molecule has 5 nitrogen and oxygen atoms in total. The molecule has 1 aromatic carbocycles. The molecule has 0 aliphatic heterocycles. The summed E-state index contributed by atoms with van der Waals surface area (Å²) in [4.78, 5) is 24.2. The van der Waals surface area contributed by atoms with Crippen molar-refractivity contribution in [3.63, 3.8) is 0 Å². The molecule has 110 valence electrons. The maximum atomic E-state index is 12.1. The number of nitrogens with zero attached hydrogens (tertiary/aromatic N) is 1. The third-order valence-electron chi connectivity index (χ3n) is 2.59. The van der Waals surface area contributed by atoms with Gasteiger partial charge in [-0.05, 0) is 32.9 Å². The molecule has 0 aliphatic carbocycles. The third-order valence-corrected chi connectivity index (χ3v) is 2.90. The summed E-state index contributed by atoms with van der Waals surface area (Å²) in [5, 5.41) is 9.27. The summed E-state index contributed by atoms with van der Waals surface area (Å²) >= 11 is 5.92. The fraction of sp³-hybridized carbons (Fsp3) is 0.429. The fourth-order valence-electron chi connectivity index (χ4n) is 1.61. The van der Waals surface area contributed by atoms with Crippen LogP contribution in [0.15, 0.2) is 24.3 Å². The number of carboxylic acids is 1. The molecule has 0 fully saturated rings. The first kappa shape index (κ1) is 16.3. The van der Waals surface area contributed by atoms with Gasteiger partial charge in [0, 0.05) is 5.54 Å². The number of halogens is 1. The van der Waals surface area contributed by atoms with E-state index in [1.54, 1.807) is 45.0 Å². The molecule has 1 amide bonds. The monoisotopic (exact) mass is 299 g/mol. The van der Waals surface area contributed by atoms with E-state index in [0.717, 1.165) is 0 Å². The number of hydrogen-bond donors (Lipinski definition) is 1. The molecule has 0 unspecified atom stereocenters. The van der Waals surface area contributed by atoms with Gasteiger partial charge in [0.15, 0.2) is 6.61 Å². The largest absolute Gasteiger partial charge is 0.482 e. The van der Waals surface area contributed by atoms with Gasteiger partial charge in [-0.1, -0.05) is 23.7 Å². The highest BCUT2D eigenvalue weighted by atomic mass is 35.5. The lowest BCUT2D eigenvalue weighted by Gasteiger charge is -2.34. The van der Waals surface area contributed by atoms with Gasteiger partial charge >= 0.3 is 5.97 Å². The minimum Gasteiger partial charge on any atom is -0.482 e. The Morgan fingerprint density at radius 1 is 1.30 bits per heavy atom. The Kier molecular flexibility index (Phi) is 5.39. The maximum Gasteiger partial charge on any atom is 0.323 e. The molecule has 0 saturated heterocycles. The highest BCUT2D eigenvalue weighted by molar-refractivity contribution is 6.32. The van der Waals surface area contributed by atoms with E-state index in [1.165, 1.54) is 4.90 Å². The minimum absolute atomic E-state index is 0.256. The van der Waals surface area contributed by atoms with Crippen LogP contribution in [0.25, 0.3) is 0 Å². The molecule has 0 atom stereocenters.